The summed E-state index contributed by atoms with van der Waals surface area (Å²) >= 11 is 0. The molecule has 1 fully saturated rings. The average Bonchev–Trinajstić information content (AvgIpc) is 3.07. The standard InChI is InChI=1S/C18H26N4O2/c1-11(2)21-9-14(15(10-21)24-5)20-18(23)17-13(4)19-16-7-6-12(3)8-22(16)17/h6-8,11,14-15H,9-10H2,1-5H3,(H,20,23)/t14-,15-/m0/s1. The Kier molecular flexibility index (Phi) is 4.60. The number of methoxy groups -OCH3 is 1. The molecular formula is C18H26N4O2. The molecule has 6 heteroatoms. The molecule has 0 radical (unpaired) electrons. The van der Waals surface area contributed by atoms with E-state index in [1.165, 1.54) is 0 Å². The summed E-state index contributed by atoms with van der Waals surface area (Å²) in [6.45, 7) is 9.85. The number of carbonyl (C=O) groups is 1. The number of nitrogens with zero attached hydrogens (tertiary/aromatic N) is 3. The topological polar surface area (TPSA) is 58.9 Å². The number of rotatable bonds is 4. The van der Waals surface area contributed by atoms with Crippen molar-refractivity contribution >= 4 is 11.6 Å². The van der Waals surface area contributed by atoms with Gasteiger partial charge in [0.15, 0.2) is 0 Å². The fourth-order valence-corrected chi connectivity index (χ4v) is 3.38. The van der Waals surface area contributed by atoms with Crippen LogP contribution in [0.5, 0.6) is 0 Å². The zero-order valence-corrected chi connectivity index (χ0v) is 15.0. The Morgan fingerprint density at radius 1 is 1.33 bits per heavy atom. The number of imidazole rings is 1. The van der Waals surface area contributed by atoms with Crippen molar-refractivity contribution in [3.05, 3.63) is 35.3 Å². The van der Waals surface area contributed by atoms with E-state index in [1.54, 1.807) is 7.11 Å². The van der Waals surface area contributed by atoms with E-state index in [0.717, 1.165) is 30.0 Å². The van der Waals surface area contributed by atoms with Crippen LogP contribution in [0.4, 0.5) is 0 Å². The number of aryl methyl sites for hydroxylation is 2. The predicted octanol–water partition coefficient (Wildman–Crippen LogP) is 1.79. The van der Waals surface area contributed by atoms with E-state index in [9.17, 15) is 4.79 Å². The number of pyridine rings is 1. The molecule has 6 nitrogen and oxygen atoms in total. The van der Waals surface area contributed by atoms with Crippen LogP contribution in [0.3, 0.4) is 0 Å². The fraction of sp³-hybridized carbons (Fsp3) is 0.556. The number of ether oxygens (including phenoxy) is 1. The summed E-state index contributed by atoms with van der Waals surface area (Å²) in [7, 11) is 1.70. The smallest absolute Gasteiger partial charge is 0.270 e. The zero-order chi connectivity index (χ0) is 17.4. The van der Waals surface area contributed by atoms with Gasteiger partial charge in [0.25, 0.3) is 5.91 Å². The lowest BCUT2D eigenvalue weighted by Crippen LogP contribution is -2.44. The Hall–Kier alpha value is -1.92. The minimum absolute atomic E-state index is 0.0116. The predicted molar refractivity (Wildman–Crippen MR) is 93.4 cm³/mol. The first kappa shape index (κ1) is 16.9. The van der Waals surface area contributed by atoms with E-state index in [0.29, 0.717) is 11.7 Å². The van der Waals surface area contributed by atoms with E-state index in [1.807, 2.05) is 36.6 Å². The Labute approximate surface area is 142 Å². The van der Waals surface area contributed by atoms with Gasteiger partial charge in [0, 0.05) is 32.4 Å². The average molecular weight is 330 g/mol. The van der Waals surface area contributed by atoms with Crippen molar-refractivity contribution in [3.8, 4) is 0 Å². The van der Waals surface area contributed by atoms with Crippen LogP contribution >= 0.6 is 0 Å². The van der Waals surface area contributed by atoms with Gasteiger partial charge in [-0.1, -0.05) is 6.07 Å². The first-order valence-electron chi connectivity index (χ1n) is 8.43. The Morgan fingerprint density at radius 3 is 2.75 bits per heavy atom. The molecule has 0 unspecified atom stereocenters. The van der Waals surface area contributed by atoms with Gasteiger partial charge >= 0.3 is 0 Å². The molecule has 0 aliphatic carbocycles. The number of amides is 1. The van der Waals surface area contributed by atoms with Crippen LogP contribution in [-0.2, 0) is 4.74 Å². The Balaban J connectivity index is 1.85. The SMILES string of the molecule is CO[C@H]1CN(C(C)C)C[C@@H]1NC(=O)c1c(C)nc2ccc(C)cn12. The highest BCUT2D eigenvalue weighted by atomic mass is 16.5. The van der Waals surface area contributed by atoms with Crippen LogP contribution in [0.1, 0.15) is 35.6 Å². The van der Waals surface area contributed by atoms with Crippen molar-refractivity contribution in [2.75, 3.05) is 20.2 Å². The van der Waals surface area contributed by atoms with Crippen LogP contribution < -0.4 is 5.32 Å². The van der Waals surface area contributed by atoms with Crippen molar-refractivity contribution < 1.29 is 9.53 Å². The van der Waals surface area contributed by atoms with E-state index >= 15 is 0 Å². The molecule has 2 aromatic heterocycles. The molecule has 1 aliphatic rings. The number of hydrogen-bond acceptors (Lipinski definition) is 4. The molecule has 1 N–H and O–H groups in total. The van der Waals surface area contributed by atoms with Gasteiger partial charge in [-0.15, -0.1) is 0 Å². The van der Waals surface area contributed by atoms with Crippen LogP contribution in [-0.4, -0.2) is 58.6 Å². The van der Waals surface area contributed by atoms with Crippen LogP contribution in [0.25, 0.3) is 5.65 Å². The number of aromatic nitrogens is 2. The molecule has 1 saturated heterocycles. The molecule has 0 saturated carbocycles. The largest absolute Gasteiger partial charge is 0.378 e. The molecule has 3 rings (SSSR count). The molecule has 130 valence electrons. The molecule has 1 amide bonds. The first-order valence-corrected chi connectivity index (χ1v) is 8.43. The van der Waals surface area contributed by atoms with Gasteiger partial charge in [-0.3, -0.25) is 14.1 Å². The second kappa shape index (κ2) is 6.53. The van der Waals surface area contributed by atoms with Gasteiger partial charge in [-0.2, -0.15) is 0 Å². The van der Waals surface area contributed by atoms with Crippen molar-refractivity contribution in [1.82, 2.24) is 19.6 Å². The summed E-state index contributed by atoms with van der Waals surface area (Å²) in [4.78, 5) is 19.7. The molecule has 0 aromatic carbocycles. The first-order chi connectivity index (χ1) is 11.4. The lowest BCUT2D eigenvalue weighted by Gasteiger charge is -2.20. The van der Waals surface area contributed by atoms with Gasteiger partial charge < -0.3 is 10.1 Å². The summed E-state index contributed by atoms with van der Waals surface area (Å²) in [6, 6.07) is 4.36. The van der Waals surface area contributed by atoms with Gasteiger partial charge in [0.2, 0.25) is 0 Å². The third-order valence-electron chi connectivity index (χ3n) is 4.80. The number of carbonyl (C=O) groups excluding carboxylic acids is 1. The third kappa shape index (κ3) is 3.03. The van der Waals surface area contributed by atoms with Crippen molar-refractivity contribution in [3.63, 3.8) is 0 Å². The maximum atomic E-state index is 12.9. The lowest BCUT2D eigenvalue weighted by atomic mass is 10.2. The maximum Gasteiger partial charge on any atom is 0.270 e. The number of nitrogens with one attached hydrogen (secondary N) is 1. The third-order valence-corrected chi connectivity index (χ3v) is 4.80. The van der Waals surface area contributed by atoms with Crippen molar-refractivity contribution in [1.29, 1.82) is 0 Å². The van der Waals surface area contributed by atoms with Crippen LogP contribution in [0.2, 0.25) is 0 Å². The maximum absolute atomic E-state index is 12.9. The van der Waals surface area contributed by atoms with Gasteiger partial charge in [-0.25, -0.2) is 4.98 Å². The van der Waals surface area contributed by atoms with Crippen LogP contribution in [0, 0.1) is 13.8 Å². The summed E-state index contributed by atoms with van der Waals surface area (Å²) < 4.78 is 7.45. The highest BCUT2D eigenvalue weighted by Crippen LogP contribution is 2.18. The van der Waals surface area contributed by atoms with E-state index in [-0.39, 0.29) is 18.1 Å². The molecule has 0 bridgehead atoms. The molecular weight excluding hydrogens is 304 g/mol. The summed E-state index contributed by atoms with van der Waals surface area (Å²) in [6.07, 6.45) is 1.96. The second-order valence-corrected chi connectivity index (χ2v) is 6.88. The quantitative estimate of drug-likeness (QED) is 0.928. The highest BCUT2D eigenvalue weighted by molar-refractivity contribution is 5.95. The fourth-order valence-electron chi connectivity index (χ4n) is 3.38. The highest BCUT2D eigenvalue weighted by Gasteiger charge is 2.35. The van der Waals surface area contributed by atoms with Gasteiger partial charge in [0.1, 0.15) is 11.3 Å². The summed E-state index contributed by atoms with van der Waals surface area (Å²) in [5.41, 5.74) is 3.23. The minimum Gasteiger partial charge on any atom is -0.378 e. The van der Waals surface area contributed by atoms with Gasteiger partial charge in [-0.05, 0) is 39.3 Å². The number of hydrogen-bond donors (Lipinski definition) is 1. The summed E-state index contributed by atoms with van der Waals surface area (Å²) in [5, 5.41) is 3.15. The molecule has 3 heterocycles. The van der Waals surface area contributed by atoms with E-state index in [4.69, 9.17) is 4.74 Å². The Morgan fingerprint density at radius 2 is 2.08 bits per heavy atom. The summed E-state index contributed by atoms with van der Waals surface area (Å²) in [5.74, 6) is -0.0942. The van der Waals surface area contributed by atoms with Gasteiger partial charge in [0.05, 0.1) is 17.8 Å². The second-order valence-electron chi connectivity index (χ2n) is 6.88. The normalized spacial score (nSPS) is 21.8. The van der Waals surface area contributed by atoms with E-state index in [2.05, 4.69) is 29.0 Å². The van der Waals surface area contributed by atoms with Crippen molar-refractivity contribution in [2.24, 2.45) is 0 Å². The Bertz CT molecular complexity index is 753. The van der Waals surface area contributed by atoms with E-state index < -0.39 is 0 Å². The molecule has 24 heavy (non-hydrogen) atoms. The molecule has 1 aliphatic heterocycles. The lowest BCUT2D eigenvalue weighted by molar-refractivity contribution is 0.0749. The molecule has 2 atom stereocenters. The molecule has 2 aromatic rings. The van der Waals surface area contributed by atoms with Crippen molar-refractivity contribution in [2.45, 2.75) is 45.9 Å². The molecule has 0 spiro atoms. The monoisotopic (exact) mass is 330 g/mol. The minimum atomic E-state index is -0.0942. The van der Waals surface area contributed by atoms with Crippen LogP contribution in [0.15, 0.2) is 18.3 Å². The zero-order valence-electron chi connectivity index (χ0n) is 15.0. The number of fused-ring (bicyclic) bond motifs is 1. The number of likely N-dealkylation sites (tertiary alicyclic amines) is 1.